The minimum Gasteiger partial charge on any atom is -0.356 e. The Balaban J connectivity index is 0.00000400. The Bertz CT molecular complexity index is 407. The largest absolute Gasteiger partial charge is 0.356 e. The summed E-state index contributed by atoms with van der Waals surface area (Å²) in [6.45, 7) is 1.34. The number of nitrogens with one attached hydrogen (secondary N) is 1. The Hall–Kier alpha value is -0.480. The summed E-state index contributed by atoms with van der Waals surface area (Å²) >= 11 is 11.8. The molecule has 3 nitrogen and oxygen atoms in total. The fourth-order valence-corrected chi connectivity index (χ4v) is 2.54. The van der Waals surface area contributed by atoms with Gasteiger partial charge in [0.1, 0.15) is 0 Å². The lowest BCUT2D eigenvalue weighted by molar-refractivity contribution is -0.121. The molecule has 0 heterocycles. The number of carbonyl (C=O) groups is 1. The zero-order valence-electron chi connectivity index (χ0n) is 12.0. The van der Waals surface area contributed by atoms with Gasteiger partial charge in [0.15, 0.2) is 0 Å². The number of rotatable bonds is 9. The van der Waals surface area contributed by atoms with E-state index in [1.54, 1.807) is 6.07 Å². The second-order valence-electron chi connectivity index (χ2n) is 4.83. The number of halogens is 3. The molecule has 1 rings (SSSR count). The van der Waals surface area contributed by atoms with Crippen LogP contribution in [0.4, 0.5) is 0 Å². The maximum absolute atomic E-state index is 11.6. The van der Waals surface area contributed by atoms with Crippen molar-refractivity contribution >= 4 is 41.5 Å². The first-order valence-electron chi connectivity index (χ1n) is 7.03. The van der Waals surface area contributed by atoms with Crippen molar-refractivity contribution in [2.75, 3.05) is 13.1 Å². The smallest absolute Gasteiger partial charge is 0.220 e. The maximum atomic E-state index is 11.6. The van der Waals surface area contributed by atoms with Gasteiger partial charge in [-0.1, -0.05) is 36.0 Å². The summed E-state index contributed by atoms with van der Waals surface area (Å²) in [5.74, 6) is 0.103. The highest BCUT2D eigenvalue weighted by Crippen LogP contribution is 2.19. The van der Waals surface area contributed by atoms with Crippen LogP contribution in [0.3, 0.4) is 0 Å². The molecule has 0 spiro atoms. The van der Waals surface area contributed by atoms with E-state index in [0.717, 1.165) is 44.2 Å². The zero-order valence-corrected chi connectivity index (χ0v) is 14.4. The first-order chi connectivity index (χ1) is 9.61. The fraction of sp³-hybridized carbons (Fsp3) is 0.533. The normalized spacial score (nSPS) is 10.0. The van der Waals surface area contributed by atoms with E-state index in [2.05, 4.69) is 5.32 Å². The van der Waals surface area contributed by atoms with Crippen LogP contribution < -0.4 is 11.1 Å². The van der Waals surface area contributed by atoms with Crippen molar-refractivity contribution < 1.29 is 4.79 Å². The third-order valence-corrected chi connectivity index (χ3v) is 3.45. The highest BCUT2D eigenvalue weighted by atomic mass is 35.5. The number of hydrogen-bond donors (Lipinski definition) is 2. The maximum Gasteiger partial charge on any atom is 0.220 e. The average Bonchev–Trinajstić information content (AvgIpc) is 2.37. The molecule has 0 radical (unpaired) electrons. The fourth-order valence-electron chi connectivity index (χ4n) is 1.97. The lowest BCUT2D eigenvalue weighted by Crippen LogP contribution is -2.25. The summed E-state index contributed by atoms with van der Waals surface area (Å²) in [7, 11) is 0. The molecule has 0 atom stereocenters. The molecule has 6 heteroatoms. The molecule has 0 aliphatic carbocycles. The van der Waals surface area contributed by atoms with Crippen molar-refractivity contribution in [1.82, 2.24) is 5.32 Å². The number of carbonyl (C=O) groups excluding carboxylic acids is 1. The molecular weight excluding hydrogens is 331 g/mol. The number of amides is 1. The van der Waals surface area contributed by atoms with Gasteiger partial charge >= 0.3 is 0 Å². The second kappa shape index (κ2) is 12.1. The molecule has 0 aliphatic heterocycles. The quantitative estimate of drug-likeness (QED) is 0.660. The molecule has 1 amide bonds. The summed E-state index contributed by atoms with van der Waals surface area (Å²) in [6.07, 6.45) is 5.45. The molecule has 3 N–H and O–H groups in total. The average molecular weight is 354 g/mol. The van der Waals surface area contributed by atoms with Gasteiger partial charge in [-0.05, 0) is 49.6 Å². The van der Waals surface area contributed by atoms with Gasteiger partial charge in [0.2, 0.25) is 5.91 Å². The molecule has 1 aromatic carbocycles. The number of nitrogens with two attached hydrogens (primary N) is 1. The third kappa shape index (κ3) is 9.97. The van der Waals surface area contributed by atoms with E-state index in [4.69, 9.17) is 28.9 Å². The van der Waals surface area contributed by atoms with E-state index in [0.29, 0.717) is 23.0 Å². The van der Waals surface area contributed by atoms with Crippen LogP contribution in [0.15, 0.2) is 18.2 Å². The van der Waals surface area contributed by atoms with Crippen LogP contribution in [0.5, 0.6) is 0 Å². The van der Waals surface area contributed by atoms with E-state index in [1.807, 2.05) is 12.1 Å². The molecule has 0 fully saturated rings. The van der Waals surface area contributed by atoms with Crippen LogP contribution >= 0.6 is 35.6 Å². The van der Waals surface area contributed by atoms with E-state index in [-0.39, 0.29) is 18.3 Å². The Labute approximate surface area is 143 Å². The minimum atomic E-state index is 0. The topological polar surface area (TPSA) is 55.1 Å². The van der Waals surface area contributed by atoms with Gasteiger partial charge in [-0.25, -0.2) is 0 Å². The Morgan fingerprint density at radius 3 is 2.29 bits per heavy atom. The Morgan fingerprint density at radius 1 is 1.05 bits per heavy atom. The lowest BCUT2D eigenvalue weighted by Gasteiger charge is -2.06. The molecule has 0 aliphatic rings. The first-order valence-corrected chi connectivity index (χ1v) is 7.79. The molecule has 0 aromatic heterocycles. The third-order valence-electron chi connectivity index (χ3n) is 3.02. The summed E-state index contributed by atoms with van der Waals surface area (Å²) in [5.41, 5.74) is 6.45. The van der Waals surface area contributed by atoms with Gasteiger partial charge in [0, 0.05) is 23.0 Å². The van der Waals surface area contributed by atoms with Gasteiger partial charge in [-0.15, -0.1) is 12.4 Å². The number of unbranched alkanes of at least 4 members (excludes halogenated alkanes) is 3. The highest BCUT2D eigenvalue weighted by Gasteiger charge is 2.02. The van der Waals surface area contributed by atoms with Crippen LogP contribution in [0.1, 0.15) is 37.7 Å². The Kier molecular flexibility index (Phi) is 11.8. The molecule has 0 saturated carbocycles. The van der Waals surface area contributed by atoms with Crippen molar-refractivity contribution in [2.45, 2.75) is 38.5 Å². The summed E-state index contributed by atoms with van der Waals surface area (Å²) in [4.78, 5) is 11.6. The van der Waals surface area contributed by atoms with E-state index in [9.17, 15) is 4.79 Å². The molecule has 1 aromatic rings. The summed E-state index contributed by atoms with van der Waals surface area (Å²) in [5, 5.41) is 4.16. The lowest BCUT2D eigenvalue weighted by atomic mass is 10.1. The minimum absolute atomic E-state index is 0. The van der Waals surface area contributed by atoms with Gasteiger partial charge in [0.25, 0.3) is 0 Å². The van der Waals surface area contributed by atoms with Crippen LogP contribution in [-0.4, -0.2) is 19.0 Å². The summed E-state index contributed by atoms with van der Waals surface area (Å²) in [6, 6.07) is 5.44. The molecular formula is C15H23Cl3N2O. The first kappa shape index (κ1) is 20.5. The SMILES string of the molecule is Cl.NCCCCCCC(=O)NCCc1cc(Cl)cc(Cl)c1. The standard InChI is InChI=1S/C15H22Cl2N2O.ClH/c16-13-9-12(10-14(17)11-13)6-8-19-15(20)5-3-1-2-4-7-18;/h9-11H,1-8,18H2,(H,19,20);1H. The van der Waals surface area contributed by atoms with Crippen molar-refractivity contribution in [3.63, 3.8) is 0 Å². The predicted molar refractivity (Wildman–Crippen MR) is 92.6 cm³/mol. The van der Waals surface area contributed by atoms with Gasteiger partial charge < -0.3 is 11.1 Å². The van der Waals surface area contributed by atoms with Gasteiger partial charge in [-0.3, -0.25) is 4.79 Å². The van der Waals surface area contributed by atoms with Crippen LogP contribution in [0.25, 0.3) is 0 Å². The van der Waals surface area contributed by atoms with Gasteiger partial charge in [0.05, 0.1) is 0 Å². The molecule has 0 bridgehead atoms. The number of hydrogen-bond acceptors (Lipinski definition) is 2. The van der Waals surface area contributed by atoms with Crippen molar-refractivity contribution in [3.8, 4) is 0 Å². The van der Waals surface area contributed by atoms with Crippen LogP contribution in [0, 0.1) is 0 Å². The van der Waals surface area contributed by atoms with Crippen molar-refractivity contribution in [3.05, 3.63) is 33.8 Å². The van der Waals surface area contributed by atoms with E-state index in [1.165, 1.54) is 0 Å². The van der Waals surface area contributed by atoms with E-state index >= 15 is 0 Å². The van der Waals surface area contributed by atoms with Crippen LogP contribution in [-0.2, 0) is 11.2 Å². The molecule has 120 valence electrons. The second-order valence-corrected chi connectivity index (χ2v) is 5.70. The van der Waals surface area contributed by atoms with Crippen molar-refractivity contribution in [2.24, 2.45) is 5.73 Å². The van der Waals surface area contributed by atoms with Crippen molar-refractivity contribution in [1.29, 1.82) is 0 Å². The monoisotopic (exact) mass is 352 g/mol. The molecule has 0 saturated heterocycles. The number of benzene rings is 1. The van der Waals surface area contributed by atoms with Gasteiger partial charge in [-0.2, -0.15) is 0 Å². The predicted octanol–water partition coefficient (Wildman–Crippen LogP) is 3.98. The zero-order chi connectivity index (χ0) is 14.8. The highest BCUT2D eigenvalue weighted by molar-refractivity contribution is 6.34. The summed E-state index contributed by atoms with van der Waals surface area (Å²) < 4.78 is 0. The molecule has 21 heavy (non-hydrogen) atoms. The Morgan fingerprint density at radius 2 is 1.67 bits per heavy atom. The van der Waals surface area contributed by atoms with Crippen LogP contribution in [0.2, 0.25) is 10.0 Å². The van der Waals surface area contributed by atoms with E-state index < -0.39 is 0 Å². The molecule has 0 unspecified atom stereocenters.